The van der Waals surface area contributed by atoms with Crippen LogP contribution in [0.15, 0.2) is 42.5 Å². The second-order valence-corrected chi connectivity index (χ2v) is 7.39. The number of aryl methyl sites for hydroxylation is 1. The van der Waals surface area contributed by atoms with Crippen LogP contribution in [0, 0.1) is 13.8 Å². The number of unbranched alkanes of at least 4 members (excludes halogenated alkanes) is 6. The molecule has 2 aromatic rings. The van der Waals surface area contributed by atoms with Gasteiger partial charge in [-0.15, -0.1) is 0 Å². The Morgan fingerprint density at radius 1 is 0.759 bits per heavy atom. The highest BCUT2D eigenvalue weighted by Gasteiger charge is 2.20. The van der Waals surface area contributed by atoms with Gasteiger partial charge in [-0.1, -0.05) is 69.7 Å². The van der Waals surface area contributed by atoms with Crippen LogP contribution in [-0.4, -0.2) is 18.5 Å². The van der Waals surface area contributed by atoms with Crippen molar-refractivity contribution < 1.29 is 19.1 Å². The van der Waals surface area contributed by atoms with Crippen molar-refractivity contribution in [2.75, 3.05) is 6.61 Å². The van der Waals surface area contributed by atoms with Crippen LogP contribution < -0.4 is 4.74 Å². The zero-order chi connectivity index (χ0) is 21.1. The second kappa shape index (κ2) is 12.1. The van der Waals surface area contributed by atoms with E-state index in [1.165, 1.54) is 25.7 Å². The monoisotopic (exact) mass is 396 g/mol. The van der Waals surface area contributed by atoms with Gasteiger partial charge in [0.05, 0.1) is 17.7 Å². The number of ether oxygens (including phenoxy) is 2. The molecule has 0 spiro atoms. The van der Waals surface area contributed by atoms with Crippen LogP contribution in [0.1, 0.15) is 83.7 Å². The molecule has 0 saturated carbocycles. The molecular weight excluding hydrogens is 364 g/mol. The summed E-state index contributed by atoms with van der Waals surface area (Å²) in [6.07, 6.45) is 8.07. The fraction of sp³-hybridized carbons (Fsp3) is 0.440. The van der Waals surface area contributed by atoms with E-state index in [9.17, 15) is 9.59 Å². The van der Waals surface area contributed by atoms with Gasteiger partial charge >= 0.3 is 11.9 Å². The molecule has 0 aliphatic heterocycles. The lowest BCUT2D eigenvalue weighted by Crippen LogP contribution is -2.16. The highest BCUT2D eigenvalue weighted by Crippen LogP contribution is 2.22. The molecule has 0 radical (unpaired) electrons. The van der Waals surface area contributed by atoms with Crippen LogP contribution >= 0.6 is 0 Å². The summed E-state index contributed by atoms with van der Waals surface area (Å²) < 4.78 is 10.9. The molecule has 2 rings (SSSR count). The van der Waals surface area contributed by atoms with Crippen molar-refractivity contribution in [3.63, 3.8) is 0 Å². The zero-order valence-electron chi connectivity index (χ0n) is 17.8. The first-order valence-electron chi connectivity index (χ1n) is 10.6. The minimum Gasteiger partial charge on any atom is -0.462 e. The number of carbonyl (C=O) groups excluding carboxylic acids is 2. The Bertz CT molecular complexity index is 810. The summed E-state index contributed by atoms with van der Waals surface area (Å²) in [5.41, 5.74) is 2.40. The first-order chi connectivity index (χ1) is 14.0. The Kier molecular flexibility index (Phi) is 9.42. The standard InChI is InChI=1S/C25H32O4/c1-4-5-6-7-8-9-12-18-28-24(26)21-15-10-11-16-22(21)25(27)29-23-17-13-14-19(2)20(23)3/h10-11,13-17H,4-9,12,18H2,1-3H3. The lowest BCUT2D eigenvalue weighted by molar-refractivity contribution is 0.0489. The van der Waals surface area contributed by atoms with Crippen molar-refractivity contribution >= 4 is 11.9 Å². The van der Waals surface area contributed by atoms with E-state index in [-0.39, 0.29) is 11.1 Å². The second-order valence-electron chi connectivity index (χ2n) is 7.39. The van der Waals surface area contributed by atoms with Crippen molar-refractivity contribution in [1.82, 2.24) is 0 Å². The van der Waals surface area contributed by atoms with Gasteiger partial charge in [0.25, 0.3) is 0 Å². The Morgan fingerprint density at radius 2 is 1.38 bits per heavy atom. The summed E-state index contributed by atoms with van der Waals surface area (Å²) in [6, 6.07) is 12.2. The van der Waals surface area contributed by atoms with E-state index in [1.807, 2.05) is 26.0 Å². The molecule has 0 heterocycles. The quantitative estimate of drug-likeness (QED) is 0.249. The third-order valence-electron chi connectivity index (χ3n) is 5.11. The summed E-state index contributed by atoms with van der Waals surface area (Å²) in [4.78, 5) is 25.2. The molecule has 0 unspecified atom stereocenters. The number of esters is 2. The SMILES string of the molecule is CCCCCCCCCOC(=O)c1ccccc1C(=O)Oc1cccc(C)c1C. The topological polar surface area (TPSA) is 52.6 Å². The van der Waals surface area contributed by atoms with Gasteiger partial charge in [0.1, 0.15) is 5.75 Å². The number of rotatable bonds is 11. The molecule has 0 fully saturated rings. The van der Waals surface area contributed by atoms with E-state index in [0.29, 0.717) is 12.4 Å². The molecule has 4 nitrogen and oxygen atoms in total. The predicted octanol–water partition coefficient (Wildman–Crippen LogP) is 6.43. The van der Waals surface area contributed by atoms with Crippen molar-refractivity contribution in [2.45, 2.75) is 65.7 Å². The Hall–Kier alpha value is -2.62. The molecule has 2 aromatic carbocycles. The fourth-order valence-corrected chi connectivity index (χ4v) is 3.13. The molecule has 0 aliphatic carbocycles. The predicted molar refractivity (Wildman–Crippen MR) is 116 cm³/mol. The molecule has 0 N–H and O–H groups in total. The molecule has 4 heteroatoms. The smallest absolute Gasteiger partial charge is 0.344 e. The Balaban J connectivity index is 1.91. The maximum absolute atomic E-state index is 12.7. The van der Waals surface area contributed by atoms with Crippen molar-refractivity contribution in [3.8, 4) is 5.75 Å². The van der Waals surface area contributed by atoms with Gasteiger partial charge in [-0.2, -0.15) is 0 Å². The van der Waals surface area contributed by atoms with Crippen LogP contribution in [0.25, 0.3) is 0 Å². The van der Waals surface area contributed by atoms with Gasteiger partial charge < -0.3 is 9.47 Å². The third-order valence-corrected chi connectivity index (χ3v) is 5.11. The Morgan fingerprint density at radius 3 is 2.07 bits per heavy atom. The van der Waals surface area contributed by atoms with Crippen molar-refractivity contribution in [2.24, 2.45) is 0 Å². The highest BCUT2D eigenvalue weighted by molar-refractivity contribution is 6.03. The molecule has 0 saturated heterocycles. The largest absolute Gasteiger partial charge is 0.462 e. The first kappa shape index (κ1) is 22.7. The lowest BCUT2D eigenvalue weighted by Gasteiger charge is -2.12. The molecule has 0 amide bonds. The van der Waals surface area contributed by atoms with E-state index in [2.05, 4.69) is 6.92 Å². The number of hydrogen-bond donors (Lipinski definition) is 0. The first-order valence-corrected chi connectivity index (χ1v) is 10.6. The lowest BCUT2D eigenvalue weighted by atomic mass is 10.1. The summed E-state index contributed by atoms with van der Waals surface area (Å²) in [6.45, 7) is 6.43. The summed E-state index contributed by atoms with van der Waals surface area (Å²) in [7, 11) is 0. The molecule has 0 aliphatic rings. The normalized spacial score (nSPS) is 10.6. The number of benzene rings is 2. The van der Waals surface area contributed by atoms with Crippen molar-refractivity contribution in [1.29, 1.82) is 0 Å². The van der Waals surface area contributed by atoms with Gasteiger partial charge in [0.15, 0.2) is 0 Å². The molecule has 0 bridgehead atoms. The van der Waals surface area contributed by atoms with Crippen LogP contribution in [0.3, 0.4) is 0 Å². The van der Waals surface area contributed by atoms with Crippen LogP contribution in [-0.2, 0) is 4.74 Å². The van der Waals surface area contributed by atoms with Crippen LogP contribution in [0.5, 0.6) is 5.75 Å². The number of carbonyl (C=O) groups is 2. The maximum Gasteiger partial charge on any atom is 0.344 e. The molecule has 0 atom stereocenters. The number of hydrogen-bond acceptors (Lipinski definition) is 4. The average Bonchev–Trinajstić information content (AvgIpc) is 2.73. The minimum atomic E-state index is -0.554. The maximum atomic E-state index is 12.7. The molecular formula is C25H32O4. The molecule has 29 heavy (non-hydrogen) atoms. The minimum absolute atomic E-state index is 0.220. The van der Waals surface area contributed by atoms with Crippen LogP contribution in [0.4, 0.5) is 0 Å². The average molecular weight is 397 g/mol. The van der Waals surface area contributed by atoms with Gasteiger partial charge in [0, 0.05) is 0 Å². The third kappa shape index (κ3) is 7.04. The summed E-state index contributed by atoms with van der Waals surface area (Å²) >= 11 is 0. The summed E-state index contributed by atoms with van der Waals surface area (Å²) in [5.74, 6) is -0.534. The highest BCUT2D eigenvalue weighted by atomic mass is 16.5. The molecule has 0 aromatic heterocycles. The van der Waals surface area contributed by atoms with Gasteiger partial charge in [-0.05, 0) is 49.6 Å². The van der Waals surface area contributed by atoms with E-state index < -0.39 is 11.9 Å². The van der Waals surface area contributed by atoms with E-state index in [0.717, 1.165) is 30.4 Å². The zero-order valence-corrected chi connectivity index (χ0v) is 17.8. The van der Waals surface area contributed by atoms with Crippen LogP contribution in [0.2, 0.25) is 0 Å². The van der Waals surface area contributed by atoms with Gasteiger partial charge in [0.2, 0.25) is 0 Å². The van der Waals surface area contributed by atoms with Crippen molar-refractivity contribution in [3.05, 3.63) is 64.7 Å². The van der Waals surface area contributed by atoms with E-state index >= 15 is 0 Å². The fourth-order valence-electron chi connectivity index (χ4n) is 3.13. The van der Waals surface area contributed by atoms with Gasteiger partial charge in [-0.25, -0.2) is 9.59 Å². The summed E-state index contributed by atoms with van der Waals surface area (Å²) in [5, 5.41) is 0. The molecule has 156 valence electrons. The van der Waals surface area contributed by atoms with E-state index in [1.54, 1.807) is 30.3 Å². The Labute approximate surface area is 174 Å². The van der Waals surface area contributed by atoms with E-state index in [4.69, 9.17) is 9.47 Å². The van der Waals surface area contributed by atoms with Gasteiger partial charge in [-0.3, -0.25) is 0 Å².